The fourth-order valence-electron chi connectivity index (χ4n) is 8.74. The van der Waals surface area contributed by atoms with Gasteiger partial charge in [-0.05, 0) is 78.2 Å². The average molecular weight is 859 g/mol. The van der Waals surface area contributed by atoms with E-state index in [0.29, 0.717) is 50.7 Å². The van der Waals surface area contributed by atoms with Crippen molar-refractivity contribution >= 4 is 33.2 Å². The first-order valence-electron chi connectivity index (χ1n) is 20.9. The van der Waals surface area contributed by atoms with Gasteiger partial charge in [0.25, 0.3) is 0 Å². The third kappa shape index (κ3) is 7.39. The largest absolute Gasteiger partial charge is 0.416 e. The molecule has 0 spiro atoms. The van der Waals surface area contributed by atoms with E-state index in [1.165, 1.54) is 24.3 Å². The van der Waals surface area contributed by atoms with E-state index in [2.05, 4.69) is 26.4 Å². The van der Waals surface area contributed by atoms with Crippen LogP contribution in [0.5, 0.6) is 0 Å². The zero-order valence-corrected chi connectivity index (χ0v) is 35.1. The van der Waals surface area contributed by atoms with Gasteiger partial charge >= 0.3 is 6.18 Å². The lowest BCUT2D eigenvalue weighted by molar-refractivity contribution is -0.137. The van der Waals surface area contributed by atoms with Crippen LogP contribution in [0.25, 0.3) is 104 Å². The molecule has 0 aliphatic heterocycles. The van der Waals surface area contributed by atoms with Crippen molar-refractivity contribution in [3.8, 4) is 79.0 Å². The molecule has 0 N–H and O–H groups in total. The minimum Gasteiger partial charge on any atom is -0.308 e. The normalized spacial score (nSPS) is 11.3. The molecule has 0 aliphatic carbocycles. The number of fused-ring (bicyclic) bond motifs is 3. The Hall–Kier alpha value is -9.10. The standard InChI is InChI=1S/C57H33F3N6/c1-35-14-12-19-38(26-35)46-30-41(56-64-49(36-15-6-4-7-16-36)33-50(65-56)37-17-8-5-9-18-37)31-47(39-20-13-21-43(27-39)57(58,59)60)55(46)66-52-23-11-10-22-45(52)48-29-40(24-25-53(48)66)54-42(34-61)28-44(62-2)32-51(54)63-3/h4-33H,1H3. The van der Waals surface area contributed by atoms with Gasteiger partial charge in [-0.2, -0.15) is 18.4 Å². The first kappa shape index (κ1) is 40.9. The molecule has 8 aromatic carbocycles. The summed E-state index contributed by atoms with van der Waals surface area (Å²) in [5, 5.41) is 11.9. The number of alkyl halides is 3. The van der Waals surface area contributed by atoms with Crippen LogP contribution in [-0.4, -0.2) is 14.5 Å². The predicted octanol–water partition coefficient (Wildman–Crippen LogP) is 15.9. The highest BCUT2D eigenvalue weighted by Gasteiger charge is 2.31. The van der Waals surface area contributed by atoms with E-state index >= 15 is 0 Å². The molecule has 0 amide bonds. The maximum atomic E-state index is 14.7. The second-order valence-corrected chi connectivity index (χ2v) is 15.9. The van der Waals surface area contributed by atoms with Crippen molar-refractivity contribution in [2.24, 2.45) is 0 Å². The number of benzene rings is 8. The third-order valence-corrected chi connectivity index (χ3v) is 11.7. The van der Waals surface area contributed by atoms with E-state index in [9.17, 15) is 18.4 Å². The summed E-state index contributed by atoms with van der Waals surface area (Å²) >= 11 is 0. The molecule has 2 heterocycles. The van der Waals surface area contributed by atoms with Crippen LogP contribution in [0.15, 0.2) is 182 Å². The van der Waals surface area contributed by atoms with Crippen molar-refractivity contribution in [3.63, 3.8) is 0 Å². The molecule has 0 saturated heterocycles. The molecule has 0 saturated carbocycles. The molecule has 0 atom stereocenters. The molecule has 2 aromatic heterocycles. The molecule has 9 heteroatoms. The summed E-state index contributed by atoms with van der Waals surface area (Å²) in [6.45, 7) is 17.5. The smallest absolute Gasteiger partial charge is 0.308 e. The van der Waals surface area contributed by atoms with Crippen molar-refractivity contribution in [1.29, 1.82) is 5.26 Å². The van der Waals surface area contributed by atoms with E-state index in [0.717, 1.165) is 55.7 Å². The molecule has 66 heavy (non-hydrogen) atoms. The summed E-state index contributed by atoms with van der Waals surface area (Å²) in [6.07, 6.45) is -4.62. The number of halogens is 3. The monoisotopic (exact) mass is 858 g/mol. The highest BCUT2D eigenvalue weighted by Crippen LogP contribution is 2.46. The third-order valence-electron chi connectivity index (χ3n) is 11.7. The topological polar surface area (TPSA) is 63.2 Å². The zero-order valence-electron chi connectivity index (χ0n) is 35.1. The Kier molecular flexibility index (Phi) is 10.3. The molecule has 6 nitrogen and oxygen atoms in total. The molecule has 0 radical (unpaired) electrons. The fraction of sp³-hybridized carbons (Fsp3) is 0.0351. The maximum Gasteiger partial charge on any atom is 0.416 e. The predicted molar refractivity (Wildman–Crippen MR) is 256 cm³/mol. The number of aromatic nitrogens is 3. The van der Waals surface area contributed by atoms with E-state index in [4.69, 9.17) is 23.1 Å². The first-order chi connectivity index (χ1) is 32.1. The van der Waals surface area contributed by atoms with Crippen LogP contribution in [0.4, 0.5) is 24.5 Å². The van der Waals surface area contributed by atoms with Crippen LogP contribution in [0.3, 0.4) is 0 Å². The van der Waals surface area contributed by atoms with Crippen molar-refractivity contribution in [1.82, 2.24) is 14.5 Å². The van der Waals surface area contributed by atoms with Gasteiger partial charge in [-0.3, -0.25) is 0 Å². The van der Waals surface area contributed by atoms with Crippen molar-refractivity contribution in [2.75, 3.05) is 0 Å². The lowest BCUT2D eigenvalue weighted by Gasteiger charge is -2.22. The Morgan fingerprint density at radius 3 is 1.77 bits per heavy atom. The molecule has 0 fully saturated rings. The second-order valence-electron chi connectivity index (χ2n) is 15.9. The van der Waals surface area contributed by atoms with Gasteiger partial charge in [0.15, 0.2) is 17.2 Å². The van der Waals surface area contributed by atoms with Crippen molar-refractivity contribution in [2.45, 2.75) is 13.1 Å². The molecule has 312 valence electrons. The minimum atomic E-state index is -4.62. The van der Waals surface area contributed by atoms with E-state index < -0.39 is 11.7 Å². The molecule has 10 aromatic rings. The molecule has 10 rings (SSSR count). The number of rotatable bonds is 7. The number of aryl methyl sites for hydroxylation is 1. The van der Waals surface area contributed by atoms with Crippen molar-refractivity contribution < 1.29 is 13.2 Å². The molecular weight excluding hydrogens is 826 g/mol. The Bertz CT molecular complexity index is 3590. The Morgan fingerprint density at radius 1 is 0.545 bits per heavy atom. The van der Waals surface area contributed by atoms with Gasteiger partial charge in [0.2, 0.25) is 0 Å². The van der Waals surface area contributed by atoms with Gasteiger partial charge in [0, 0.05) is 49.7 Å². The van der Waals surface area contributed by atoms with Crippen LogP contribution in [-0.2, 0) is 6.18 Å². The summed E-state index contributed by atoms with van der Waals surface area (Å²) < 4.78 is 46.1. The molecule has 0 unspecified atom stereocenters. The summed E-state index contributed by atoms with van der Waals surface area (Å²) in [6, 6.07) is 57.6. The van der Waals surface area contributed by atoms with Gasteiger partial charge in [0.05, 0.1) is 52.9 Å². The summed E-state index contributed by atoms with van der Waals surface area (Å²) in [5.74, 6) is 0.392. The summed E-state index contributed by atoms with van der Waals surface area (Å²) in [4.78, 5) is 17.5. The maximum absolute atomic E-state index is 14.7. The van der Waals surface area contributed by atoms with Gasteiger partial charge in [0.1, 0.15) is 0 Å². The van der Waals surface area contributed by atoms with E-state index in [1.54, 1.807) is 6.07 Å². The van der Waals surface area contributed by atoms with E-state index in [1.807, 2.05) is 146 Å². The van der Waals surface area contributed by atoms with Crippen LogP contribution >= 0.6 is 0 Å². The SMILES string of the molecule is [C-]#[N+]c1cc(C#N)c(-c2ccc3c(c2)c2ccccc2n3-c2c(-c3cccc(C)c3)cc(-c3nc(-c4ccccc4)cc(-c4ccccc4)n3)cc2-c2cccc(C(F)(F)F)c2)c([N+]#[C-])c1. The number of hydrogen-bond acceptors (Lipinski definition) is 3. The number of para-hydroxylation sites is 1. The Morgan fingerprint density at radius 2 is 1.15 bits per heavy atom. The van der Waals surface area contributed by atoms with Gasteiger partial charge in [-0.1, -0.05) is 133 Å². The first-order valence-corrected chi connectivity index (χ1v) is 20.9. The van der Waals surface area contributed by atoms with Gasteiger partial charge in [-0.15, -0.1) is 0 Å². The number of nitrogens with zero attached hydrogens (tertiary/aromatic N) is 6. The van der Waals surface area contributed by atoms with Crippen LogP contribution in [0.2, 0.25) is 0 Å². The Labute approximate surface area is 378 Å². The fourth-order valence-corrected chi connectivity index (χ4v) is 8.74. The van der Waals surface area contributed by atoms with Crippen LogP contribution in [0, 0.1) is 31.4 Å². The molecular formula is C57H33F3N6. The molecule has 0 bridgehead atoms. The number of hydrogen-bond donors (Lipinski definition) is 0. The summed E-state index contributed by atoms with van der Waals surface area (Å²) in [7, 11) is 0. The lowest BCUT2D eigenvalue weighted by atomic mass is 9.91. The quantitative estimate of drug-likeness (QED) is 0.150. The average Bonchev–Trinajstić information content (AvgIpc) is 3.68. The van der Waals surface area contributed by atoms with Crippen LogP contribution in [0.1, 0.15) is 16.7 Å². The van der Waals surface area contributed by atoms with Gasteiger partial charge < -0.3 is 4.57 Å². The lowest BCUT2D eigenvalue weighted by Crippen LogP contribution is -2.06. The summed E-state index contributed by atoms with van der Waals surface area (Å²) in [5.41, 5.74) is 10.1. The molecule has 0 aliphatic rings. The van der Waals surface area contributed by atoms with E-state index in [-0.39, 0.29) is 16.9 Å². The van der Waals surface area contributed by atoms with Gasteiger partial charge in [-0.25, -0.2) is 19.7 Å². The zero-order chi connectivity index (χ0) is 45.5. The minimum absolute atomic E-state index is 0.182. The highest BCUT2D eigenvalue weighted by atomic mass is 19.4. The van der Waals surface area contributed by atoms with Crippen LogP contribution < -0.4 is 0 Å². The Balaban J connectivity index is 1.33. The van der Waals surface area contributed by atoms with Crippen molar-refractivity contribution in [3.05, 3.63) is 222 Å². The second kappa shape index (κ2) is 16.5. The highest BCUT2D eigenvalue weighted by molar-refractivity contribution is 6.12. The number of nitriles is 1.